The van der Waals surface area contributed by atoms with Crippen LogP contribution in [0.3, 0.4) is 0 Å². The number of aromatic amines is 1. The summed E-state index contributed by atoms with van der Waals surface area (Å²) >= 11 is 0. The van der Waals surface area contributed by atoms with Gasteiger partial charge in [0.25, 0.3) is 11.3 Å². The maximum absolute atomic E-state index is 11.7. The lowest BCUT2D eigenvalue weighted by atomic mass is 10.1. The molecule has 2 N–H and O–H groups in total. The van der Waals surface area contributed by atoms with Crippen LogP contribution in [-0.2, 0) is 4.79 Å². The fourth-order valence-electron chi connectivity index (χ4n) is 2.28. The van der Waals surface area contributed by atoms with E-state index < -0.39 is 5.97 Å². The average Bonchev–Trinajstić information content (AvgIpc) is 2.92. The van der Waals surface area contributed by atoms with Crippen molar-refractivity contribution in [1.29, 1.82) is 0 Å². The van der Waals surface area contributed by atoms with Gasteiger partial charge in [-0.25, -0.2) is 4.98 Å². The summed E-state index contributed by atoms with van der Waals surface area (Å²) in [5.41, 5.74) is 0.378. The molecule has 100 valence electrons. The molecule has 3 heterocycles. The number of carbonyl (C=O) groups is 1. The van der Waals surface area contributed by atoms with E-state index in [0.717, 1.165) is 0 Å². The predicted octanol–water partition coefficient (Wildman–Crippen LogP) is -0.363. The molecular formula is C11H13N5O3. The van der Waals surface area contributed by atoms with Crippen LogP contribution in [0.4, 0.5) is 5.95 Å². The van der Waals surface area contributed by atoms with Crippen LogP contribution in [0.15, 0.2) is 10.9 Å². The minimum Gasteiger partial charge on any atom is -0.481 e. The first-order valence-corrected chi connectivity index (χ1v) is 5.99. The van der Waals surface area contributed by atoms with Gasteiger partial charge in [-0.05, 0) is 13.3 Å². The van der Waals surface area contributed by atoms with Gasteiger partial charge in [-0.15, -0.1) is 0 Å². The van der Waals surface area contributed by atoms with Crippen molar-refractivity contribution in [3.05, 3.63) is 22.1 Å². The number of rotatable bonds is 2. The van der Waals surface area contributed by atoms with E-state index in [9.17, 15) is 9.59 Å². The van der Waals surface area contributed by atoms with Gasteiger partial charge in [0.1, 0.15) is 0 Å². The number of nitrogens with one attached hydrogen (secondary N) is 1. The summed E-state index contributed by atoms with van der Waals surface area (Å²) in [6.45, 7) is 2.72. The largest absolute Gasteiger partial charge is 0.481 e. The van der Waals surface area contributed by atoms with E-state index in [1.807, 2.05) is 4.90 Å². The van der Waals surface area contributed by atoms with Gasteiger partial charge in [0.05, 0.1) is 5.92 Å². The number of fused-ring (bicyclic) bond motifs is 1. The summed E-state index contributed by atoms with van der Waals surface area (Å²) in [5.74, 6) is -0.401. The number of hydrogen-bond donors (Lipinski definition) is 2. The van der Waals surface area contributed by atoms with Crippen molar-refractivity contribution >= 4 is 17.7 Å². The zero-order chi connectivity index (χ0) is 13.6. The van der Waals surface area contributed by atoms with Crippen LogP contribution in [0.1, 0.15) is 12.1 Å². The molecule has 1 aliphatic heterocycles. The van der Waals surface area contributed by atoms with Gasteiger partial charge < -0.3 is 10.0 Å². The second-order valence-corrected chi connectivity index (χ2v) is 4.69. The monoisotopic (exact) mass is 263 g/mol. The molecule has 8 heteroatoms. The molecule has 0 bridgehead atoms. The summed E-state index contributed by atoms with van der Waals surface area (Å²) in [7, 11) is 0. The zero-order valence-electron chi connectivity index (χ0n) is 10.3. The fourth-order valence-corrected chi connectivity index (χ4v) is 2.28. The molecule has 0 amide bonds. The van der Waals surface area contributed by atoms with E-state index in [1.165, 1.54) is 10.6 Å². The van der Waals surface area contributed by atoms with E-state index in [4.69, 9.17) is 5.11 Å². The quantitative estimate of drug-likeness (QED) is 0.766. The third kappa shape index (κ3) is 1.94. The van der Waals surface area contributed by atoms with Crippen molar-refractivity contribution in [2.45, 2.75) is 13.3 Å². The van der Waals surface area contributed by atoms with E-state index in [1.54, 1.807) is 6.92 Å². The number of aryl methyl sites for hydroxylation is 1. The first kappa shape index (κ1) is 11.7. The maximum atomic E-state index is 11.7. The van der Waals surface area contributed by atoms with E-state index in [0.29, 0.717) is 36.9 Å². The Morgan fingerprint density at radius 3 is 3.00 bits per heavy atom. The first-order valence-electron chi connectivity index (χ1n) is 5.99. The van der Waals surface area contributed by atoms with Gasteiger partial charge in [-0.2, -0.15) is 9.50 Å². The Morgan fingerprint density at radius 1 is 1.53 bits per heavy atom. The Labute approximate surface area is 107 Å². The number of nitrogens with zero attached hydrogens (tertiary/aromatic N) is 4. The maximum Gasteiger partial charge on any atom is 0.308 e. The topological polar surface area (TPSA) is 104 Å². The van der Waals surface area contributed by atoms with Crippen LogP contribution in [0.25, 0.3) is 5.78 Å². The highest BCUT2D eigenvalue weighted by atomic mass is 16.4. The zero-order valence-corrected chi connectivity index (χ0v) is 10.3. The Morgan fingerprint density at radius 2 is 2.32 bits per heavy atom. The highest BCUT2D eigenvalue weighted by molar-refractivity contribution is 5.71. The number of hydrogen-bond acceptors (Lipinski definition) is 5. The third-order valence-electron chi connectivity index (χ3n) is 3.28. The molecule has 3 rings (SSSR count). The molecule has 2 aromatic heterocycles. The lowest BCUT2D eigenvalue weighted by Gasteiger charge is -2.12. The highest BCUT2D eigenvalue weighted by Crippen LogP contribution is 2.20. The third-order valence-corrected chi connectivity index (χ3v) is 3.28. The molecule has 0 spiro atoms. The Hall–Kier alpha value is -2.38. The summed E-state index contributed by atoms with van der Waals surface area (Å²) in [6, 6.07) is 1.42. The van der Waals surface area contributed by atoms with Crippen LogP contribution in [0.2, 0.25) is 0 Å². The van der Waals surface area contributed by atoms with Crippen molar-refractivity contribution in [1.82, 2.24) is 19.6 Å². The van der Waals surface area contributed by atoms with Crippen molar-refractivity contribution < 1.29 is 9.90 Å². The second-order valence-electron chi connectivity index (χ2n) is 4.69. The summed E-state index contributed by atoms with van der Waals surface area (Å²) in [4.78, 5) is 32.9. The lowest BCUT2D eigenvalue weighted by molar-refractivity contribution is -0.140. The lowest BCUT2D eigenvalue weighted by Crippen LogP contribution is -2.24. The predicted molar refractivity (Wildman–Crippen MR) is 66.3 cm³/mol. The summed E-state index contributed by atoms with van der Waals surface area (Å²) in [5, 5.41) is 11.8. The second kappa shape index (κ2) is 4.08. The van der Waals surface area contributed by atoms with E-state index in [-0.39, 0.29) is 11.5 Å². The molecule has 2 aromatic rings. The molecule has 0 saturated carbocycles. The Bertz CT molecular complexity index is 704. The fraction of sp³-hybridized carbons (Fsp3) is 0.455. The van der Waals surface area contributed by atoms with Gasteiger partial charge in [0.15, 0.2) is 0 Å². The van der Waals surface area contributed by atoms with Crippen molar-refractivity contribution in [3.8, 4) is 0 Å². The smallest absolute Gasteiger partial charge is 0.308 e. The van der Waals surface area contributed by atoms with Crippen molar-refractivity contribution in [2.75, 3.05) is 18.0 Å². The van der Waals surface area contributed by atoms with Crippen molar-refractivity contribution in [3.63, 3.8) is 0 Å². The first-order chi connectivity index (χ1) is 9.04. The Balaban J connectivity index is 1.97. The molecule has 1 atom stereocenters. The number of carboxylic acid groups (broad SMARTS) is 1. The minimum atomic E-state index is -0.801. The van der Waals surface area contributed by atoms with Crippen molar-refractivity contribution in [2.24, 2.45) is 5.92 Å². The van der Waals surface area contributed by atoms with Gasteiger partial charge in [-0.1, -0.05) is 0 Å². The number of H-pyrrole nitrogens is 1. The summed E-state index contributed by atoms with van der Waals surface area (Å²) < 4.78 is 1.26. The van der Waals surface area contributed by atoms with Crippen LogP contribution in [0, 0.1) is 12.8 Å². The van der Waals surface area contributed by atoms with E-state index in [2.05, 4.69) is 15.1 Å². The minimum absolute atomic E-state index is 0.227. The van der Waals surface area contributed by atoms with Gasteiger partial charge in [0.2, 0.25) is 5.95 Å². The number of aromatic nitrogens is 4. The van der Waals surface area contributed by atoms with Gasteiger partial charge in [0, 0.05) is 24.8 Å². The van der Waals surface area contributed by atoms with E-state index >= 15 is 0 Å². The molecular weight excluding hydrogens is 250 g/mol. The molecule has 1 aliphatic rings. The average molecular weight is 263 g/mol. The molecule has 0 aromatic carbocycles. The molecule has 1 fully saturated rings. The normalized spacial score (nSPS) is 19.2. The highest BCUT2D eigenvalue weighted by Gasteiger charge is 2.29. The molecule has 8 nitrogen and oxygen atoms in total. The standard InChI is InChI=1S/C11H13N5O3/c1-6-4-8(17)16-10(12-6)13-11(14-16)15-3-2-7(5-15)9(18)19/h4,7H,2-3,5H2,1H3,(H,18,19)(H,12,13,14)/t7-/m1/s1. The Kier molecular flexibility index (Phi) is 2.51. The van der Waals surface area contributed by atoms with Gasteiger partial charge >= 0.3 is 5.97 Å². The van der Waals surface area contributed by atoms with Crippen LogP contribution in [-0.4, -0.2) is 43.7 Å². The number of carboxylic acids is 1. The van der Waals surface area contributed by atoms with Crippen LogP contribution < -0.4 is 10.5 Å². The SMILES string of the molecule is Cc1cc(=O)n2[nH]c(N3CC[C@@H](C(=O)O)C3)nc2n1. The van der Waals surface area contributed by atoms with Crippen LogP contribution in [0.5, 0.6) is 0 Å². The molecule has 19 heavy (non-hydrogen) atoms. The molecule has 0 unspecified atom stereocenters. The van der Waals surface area contributed by atoms with Crippen LogP contribution >= 0.6 is 0 Å². The molecule has 0 aliphatic carbocycles. The molecule has 1 saturated heterocycles. The van der Waals surface area contributed by atoms with Gasteiger partial charge in [-0.3, -0.25) is 14.7 Å². The number of aliphatic carboxylic acids is 1. The number of anilines is 1. The summed E-state index contributed by atoms with van der Waals surface area (Å²) in [6.07, 6.45) is 0.577. The molecule has 0 radical (unpaired) electrons.